The molecule has 3 nitrogen and oxygen atoms in total. The van der Waals surface area contributed by atoms with Crippen LogP contribution in [-0.2, 0) is 11.3 Å². The molecule has 3 rings (SSSR count). The maximum atomic E-state index is 13.4. The Morgan fingerprint density at radius 2 is 1.96 bits per heavy atom. The van der Waals surface area contributed by atoms with E-state index in [9.17, 15) is 13.6 Å². The van der Waals surface area contributed by atoms with Crippen molar-refractivity contribution in [1.29, 1.82) is 0 Å². The summed E-state index contributed by atoms with van der Waals surface area (Å²) in [4.78, 5) is 17.2. The smallest absolute Gasteiger partial charge is 0.230 e. The number of halogens is 2. The first-order valence-electron chi connectivity index (χ1n) is 8.39. The van der Waals surface area contributed by atoms with Gasteiger partial charge in [-0.2, -0.15) is 0 Å². The molecule has 2 aliphatic rings. The van der Waals surface area contributed by atoms with Gasteiger partial charge < -0.3 is 4.90 Å². The molecule has 0 N–H and O–H groups in total. The van der Waals surface area contributed by atoms with Crippen molar-refractivity contribution >= 4 is 5.91 Å². The van der Waals surface area contributed by atoms with Gasteiger partial charge in [-0.3, -0.25) is 9.69 Å². The first-order valence-corrected chi connectivity index (χ1v) is 8.39. The number of piperidine rings is 1. The number of rotatable bonds is 3. The molecule has 126 valence electrons. The van der Waals surface area contributed by atoms with Gasteiger partial charge in [0.05, 0.1) is 5.41 Å². The topological polar surface area (TPSA) is 23.6 Å². The summed E-state index contributed by atoms with van der Waals surface area (Å²) in [6, 6.07) is 4.33. The van der Waals surface area contributed by atoms with E-state index >= 15 is 0 Å². The minimum absolute atomic E-state index is 0.177. The number of amides is 1. The molecule has 1 aromatic carbocycles. The van der Waals surface area contributed by atoms with Crippen LogP contribution in [0.2, 0.25) is 0 Å². The molecule has 2 heterocycles. The van der Waals surface area contributed by atoms with Crippen molar-refractivity contribution in [3.8, 4) is 0 Å². The number of likely N-dealkylation sites (tertiary alicyclic amines) is 2. The van der Waals surface area contributed by atoms with E-state index in [-0.39, 0.29) is 11.3 Å². The molecule has 1 spiro atoms. The summed E-state index contributed by atoms with van der Waals surface area (Å²) in [6.07, 6.45) is 2.81. The van der Waals surface area contributed by atoms with Gasteiger partial charge in [0.15, 0.2) is 11.6 Å². The highest BCUT2D eigenvalue weighted by Crippen LogP contribution is 2.41. The van der Waals surface area contributed by atoms with Crippen molar-refractivity contribution in [3.63, 3.8) is 0 Å². The monoisotopic (exact) mass is 322 g/mol. The predicted molar refractivity (Wildman–Crippen MR) is 84.8 cm³/mol. The Kier molecular flexibility index (Phi) is 4.41. The molecule has 0 aromatic heterocycles. The zero-order chi connectivity index (χ0) is 16.6. The average Bonchev–Trinajstić information content (AvgIpc) is 2.93. The fourth-order valence-corrected chi connectivity index (χ4v) is 3.89. The third-order valence-electron chi connectivity index (χ3n) is 5.30. The lowest BCUT2D eigenvalue weighted by Crippen LogP contribution is -2.50. The molecule has 0 bridgehead atoms. The molecule has 2 saturated heterocycles. The maximum Gasteiger partial charge on any atom is 0.230 e. The number of hydrogen-bond donors (Lipinski definition) is 0. The quantitative estimate of drug-likeness (QED) is 0.853. The lowest BCUT2D eigenvalue weighted by atomic mass is 9.78. The fourth-order valence-electron chi connectivity index (χ4n) is 3.89. The average molecular weight is 322 g/mol. The molecule has 1 amide bonds. The standard InChI is InChI=1S/C18H24F2N2O/c1-13(2)22-9-7-18(12-22)6-3-8-21(17(18)23)11-14-4-5-15(19)16(20)10-14/h4-5,10,13H,3,6-9,11-12H2,1-2H3/t18-/m1/s1. The van der Waals surface area contributed by atoms with Gasteiger partial charge in [-0.05, 0) is 57.4 Å². The molecule has 0 saturated carbocycles. The van der Waals surface area contributed by atoms with E-state index in [0.717, 1.165) is 38.4 Å². The lowest BCUT2D eigenvalue weighted by molar-refractivity contribution is -0.146. The number of hydrogen-bond acceptors (Lipinski definition) is 2. The van der Waals surface area contributed by atoms with Crippen LogP contribution >= 0.6 is 0 Å². The third kappa shape index (κ3) is 3.11. The zero-order valence-electron chi connectivity index (χ0n) is 13.8. The van der Waals surface area contributed by atoms with E-state index in [1.54, 1.807) is 6.07 Å². The summed E-state index contributed by atoms with van der Waals surface area (Å²) in [5, 5.41) is 0. The fraction of sp³-hybridized carbons (Fsp3) is 0.611. The van der Waals surface area contributed by atoms with Crippen LogP contribution in [0.15, 0.2) is 18.2 Å². The molecule has 5 heteroatoms. The van der Waals surface area contributed by atoms with Crippen molar-refractivity contribution < 1.29 is 13.6 Å². The van der Waals surface area contributed by atoms with Gasteiger partial charge in [0.2, 0.25) is 5.91 Å². The van der Waals surface area contributed by atoms with Gasteiger partial charge >= 0.3 is 0 Å². The Labute approximate surface area is 136 Å². The minimum atomic E-state index is -0.853. The van der Waals surface area contributed by atoms with Gasteiger partial charge in [0.25, 0.3) is 0 Å². The van der Waals surface area contributed by atoms with Crippen LogP contribution in [0.25, 0.3) is 0 Å². The Morgan fingerprint density at radius 1 is 1.17 bits per heavy atom. The summed E-state index contributed by atoms with van der Waals surface area (Å²) < 4.78 is 26.4. The van der Waals surface area contributed by atoms with Crippen molar-refractivity contribution in [3.05, 3.63) is 35.4 Å². The van der Waals surface area contributed by atoms with Gasteiger partial charge in [-0.25, -0.2) is 8.78 Å². The Bertz CT molecular complexity index is 605. The highest BCUT2D eigenvalue weighted by molar-refractivity contribution is 5.84. The van der Waals surface area contributed by atoms with Gasteiger partial charge in [0, 0.05) is 25.7 Å². The zero-order valence-corrected chi connectivity index (χ0v) is 13.8. The number of nitrogens with zero attached hydrogens (tertiary/aromatic N) is 2. The van der Waals surface area contributed by atoms with Gasteiger partial charge in [-0.15, -0.1) is 0 Å². The number of carbonyl (C=O) groups is 1. The lowest BCUT2D eigenvalue weighted by Gasteiger charge is -2.39. The van der Waals surface area contributed by atoms with Crippen LogP contribution in [0, 0.1) is 17.0 Å². The molecule has 0 unspecified atom stereocenters. The van der Waals surface area contributed by atoms with E-state index in [0.29, 0.717) is 24.7 Å². The van der Waals surface area contributed by atoms with Crippen LogP contribution in [0.3, 0.4) is 0 Å². The molecule has 1 atom stereocenters. The van der Waals surface area contributed by atoms with Crippen molar-refractivity contribution in [1.82, 2.24) is 9.80 Å². The van der Waals surface area contributed by atoms with Crippen LogP contribution in [0.1, 0.15) is 38.7 Å². The molecular weight excluding hydrogens is 298 g/mol. The largest absolute Gasteiger partial charge is 0.338 e. The van der Waals surface area contributed by atoms with E-state index in [1.807, 2.05) is 4.90 Å². The minimum Gasteiger partial charge on any atom is -0.338 e. The van der Waals surface area contributed by atoms with Gasteiger partial charge in [-0.1, -0.05) is 6.07 Å². The number of benzene rings is 1. The van der Waals surface area contributed by atoms with E-state index in [2.05, 4.69) is 18.7 Å². The second kappa shape index (κ2) is 6.19. The van der Waals surface area contributed by atoms with Crippen LogP contribution in [0.4, 0.5) is 8.78 Å². The number of carbonyl (C=O) groups excluding carboxylic acids is 1. The molecule has 0 aliphatic carbocycles. The Balaban J connectivity index is 1.74. The highest BCUT2D eigenvalue weighted by Gasteiger charge is 2.48. The first kappa shape index (κ1) is 16.4. The first-order chi connectivity index (χ1) is 10.9. The highest BCUT2D eigenvalue weighted by atomic mass is 19.2. The van der Waals surface area contributed by atoms with Crippen LogP contribution in [0.5, 0.6) is 0 Å². The van der Waals surface area contributed by atoms with Crippen LogP contribution < -0.4 is 0 Å². The third-order valence-corrected chi connectivity index (χ3v) is 5.30. The summed E-state index contributed by atoms with van der Waals surface area (Å²) in [7, 11) is 0. The normalized spacial score (nSPS) is 25.8. The Morgan fingerprint density at radius 3 is 2.61 bits per heavy atom. The summed E-state index contributed by atoms with van der Waals surface area (Å²) in [5.74, 6) is -1.52. The molecule has 2 aliphatic heterocycles. The Hall–Kier alpha value is -1.49. The van der Waals surface area contributed by atoms with E-state index in [1.165, 1.54) is 6.07 Å². The predicted octanol–water partition coefficient (Wildman–Crippen LogP) is 3.19. The van der Waals surface area contributed by atoms with Crippen molar-refractivity contribution in [2.45, 2.75) is 45.7 Å². The molecule has 0 radical (unpaired) electrons. The molecule has 23 heavy (non-hydrogen) atoms. The molecular formula is C18H24F2N2O. The SMILES string of the molecule is CC(C)N1CC[C@]2(CCCN(Cc3ccc(F)c(F)c3)C2=O)C1. The second-order valence-corrected chi connectivity index (χ2v) is 7.17. The van der Waals surface area contributed by atoms with Gasteiger partial charge in [0.1, 0.15) is 0 Å². The molecule has 2 fully saturated rings. The van der Waals surface area contributed by atoms with Crippen molar-refractivity contribution in [2.75, 3.05) is 19.6 Å². The summed E-state index contributed by atoms with van der Waals surface area (Å²) in [5.41, 5.74) is 0.370. The van der Waals surface area contributed by atoms with Crippen molar-refractivity contribution in [2.24, 2.45) is 5.41 Å². The second-order valence-electron chi connectivity index (χ2n) is 7.17. The molecule has 1 aromatic rings. The maximum absolute atomic E-state index is 13.4. The van der Waals surface area contributed by atoms with E-state index < -0.39 is 11.6 Å². The van der Waals surface area contributed by atoms with E-state index in [4.69, 9.17) is 0 Å². The van der Waals surface area contributed by atoms with Crippen LogP contribution in [-0.4, -0.2) is 41.4 Å². The summed E-state index contributed by atoms with van der Waals surface area (Å²) in [6.45, 7) is 7.15. The summed E-state index contributed by atoms with van der Waals surface area (Å²) >= 11 is 0.